The Hall–Kier alpha value is -0.450. The Morgan fingerprint density at radius 2 is 2.06 bits per heavy atom. The van der Waals surface area contributed by atoms with Gasteiger partial charge in [0.15, 0.2) is 0 Å². The first kappa shape index (κ1) is 15.6. The normalized spacial score (nSPS) is 13.9. The van der Waals surface area contributed by atoms with Gasteiger partial charge in [-0.05, 0) is 18.9 Å². The molecule has 1 N–H and O–H groups in total. The molecule has 0 saturated heterocycles. The number of rotatable bonds is 6. The molecule has 4 heteroatoms. The first-order valence-electron chi connectivity index (χ1n) is 6.59. The second kappa shape index (κ2) is 6.64. The van der Waals surface area contributed by atoms with Crippen LogP contribution in [0.5, 0.6) is 0 Å². The fourth-order valence-corrected chi connectivity index (χ4v) is 3.52. The zero-order valence-electron chi connectivity index (χ0n) is 12.5. The van der Waals surface area contributed by atoms with Crippen LogP contribution < -0.4 is 5.32 Å². The first-order chi connectivity index (χ1) is 8.43. The molecule has 1 atom stereocenters. The number of thiazole rings is 1. The van der Waals surface area contributed by atoms with E-state index >= 15 is 0 Å². The molecular weight excluding hydrogens is 244 g/mol. The Morgan fingerprint density at radius 3 is 2.50 bits per heavy atom. The summed E-state index contributed by atoms with van der Waals surface area (Å²) in [6.07, 6.45) is 2.25. The molecular formula is C14H26N2OS. The third-order valence-electron chi connectivity index (χ3n) is 2.87. The summed E-state index contributed by atoms with van der Waals surface area (Å²) >= 11 is 1.78. The second-order valence-electron chi connectivity index (χ2n) is 5.68. The summed E-state index contributed by atoms with van der Waals surface area (Å²) in [7, 11) is 3.75. The monoisotopic (exact) mass is 270 g/mol. The smallest absolute Gasteiger partial charge is 0.123 e. The standard InChI is InChI=1S/C14H26N2OS/c1-7-8-10-11(9-15-5)18-13(16-10)12(17-6)14(2,3)4/h12,15H,7-9H2,1-6H3. The molecule has 104 valence electrons. The largest absolute Gasteiger partial charge is 0.374 e. The van der Waals surface area contributed by atoms with Gasteiger partial charge in [-0.1, -0.05) is 34.1 Å². The number of aryl methyl sites for hydroxylation is 1. The van der Waals surface area contributed by atoms with Crippen LogP contribution in [0.1, 0.15) is 55.8 Å². The van der Waals surface area contributed by atoms with E-state index < -0.39 is 0 Å². The van der Waals surface area contributed by atoms with Gasteiger partial charge >= 0.3 is 0 Å². The van der Waals surface area contributed by atoms with E-state index in [1.165, 1.54) is 10.6 Å². The quantitative estimate of drug-likeness (QED) is 0.858. The molecule has 0 aliphatic heterocycles. The van der Waals surface area contributed by atoms with E-state index in [1.54, 1.807) is 18.4 Å². The van der Waals surface area contributed by atoms with Crippen LogP contribution in [0.25, 0.3) is 0 Å². The van der Waals surface area contributed by atoms with Crippen molar-refractivity contribution < 1.29 is 4.74 Å². The van der Waals surface area contributed by atoms with Crippen molar-refractivity contribution in [1.82, 2.24) is 10.3 Å². The number of nitrogens with zero attached hydrogens (tertiary/aromatic N) is 1. The molecule has 1 heterocycles. The van der Waals surface area contributed by atoms with E-state index in [0.29, 0.717) is 0 Å². The molecule has 0 spiro atoms. The second-order valence-corrected chi connectivity index (χ2v) is 6.80. The molecule has 1 rings (SSSR count). The fourth-order valence-electron chi connectivity index (χ4n) is 2.07. The lowest BCUT2D eigenvalue weighted by atomic mass is 9.89. The van der Waals surface area contributed by atoms with E-state index in [2.05, 4.69) is 33.0 Å². The predicted molar refractivity (Wildman–Crippen MR) is 78.1 cm³/mol. The van der Waals surface area contributed by atoms with Crippen molar-refractivity contribution in [1.29, 1.82) is 0 Å². The van der Waals surface area contributed by atoms with Gasteiger partial charge in [0.05, 0.1) is 5.69 Å². The van der Waals surface area contributed by atoms with E-state index in [-0.39, 0.29) is 11.5 Å². The molecule has 18 heavy (non-hydrogen) atoms. The van der Waals surface area contributed by atoms with Crippen LogP contribution in [0.2, 0.25) is 0 Å². The summed E-state index contributed by atoms with van der Waals surface area (Å²) in [6.45, 7) is 9.67. The van der Waals surface area contributed by atoms with Gasteiger partial charge in [-0.2, -0.15) is 0 Å². The Bertz CT molecular complexity index is 345. The van der Waals surface area contributed by atoms with Crippen molar-refractivity contribution in [2.75, 3.05) is 14.2 Å². The molecule has 0 amide bonds. The molecule has 0 bridgehead atoms. The van der Waals surface area contributed by atoms with Gasteiger partial charge < -0.3 is 10.1 Å². The van der Waals surface area contributed by atoms with Crippen molar-refractivity contribution >= 4 is 11.3 Å². The summed E-state index contributed by atoms with van der Waals surface area (Å²) in [4.78, 5) is 6.16. The minimum Gasteiger partial charge on any atom is -0.374 e. The minimum atomic E-state index is 0.0729. The molecule has 1 unspecified atom stereocenters. The van der Waals surface area contributed by atoms with Crippen LogP contribution in [0.4, 0.5) is 0 Å². The number of hydrogen-bond donors (Lipinski definition) is 1. The number of aromatic nitrogens is 1. The topological polar surface area (TPSA) is 34.1 Å². The summed E-state index contributed by atoms with van der Waals surface area (Å²) in [5.41, 5.74) is 1.31. The molecule has 0 saturated carbocycles. The Kier molecular flexibility index (Phi) is 5.76. The highest BCUT2D eigenvalue weighted by molar-refractivity contribution is 7.11. The lowest BCUT2D eigenvalue weighted by molar-refractivity contribution is 0.0149. The highest BCUT2D eigenvalue weighted by Crippen LogP contribution is 2.38. The molecule has 1 aromatic rings. The summed E-state index contributed by atoms with van der Waals surface area (Å²) in [5.74, 6) is 0. The lowest BCUT2D eigenvalue weighted by Crippen LogP contribution is -2.19. The number of ether oxygens (including phenoxy) is 1. The van der Waals surface area contributed by atoms with E-state index in [1.807, 2.05) is 7.05 Å². The maximum atomic E-state index is 5.65. The van der Waals surface area contributed by atoms with Gasteiger partial charge in [0.1, 0.15) is 11.1 Å². The van der Waals surface area contributed by atoms with Crippen LogP contribution in [-0.4, -0.2) is 19.1 Å². The van der Waals surface area contributed by atoms with Crippen LogP contribution >= 0.6 is 11.3 Å². The maximum absolute atomic E-state index is 5.65. The third-order valence-corrected chi connectivity index (χ3v) is 4.01. The van der Waals surface area contributed by atoms with Gasteiger partial charge in [-0.3, -0.25) is 0 Å². The number of methoxy groups -OCH3 is 1. The van der Waals surface area contributed by atoms with Crippen molar-refractivity contribution in [2.24, 2.45) is 5.41 Å². The molecule has 0 fully saturated rings. The highest BCUT2D eigenvalue weighted by atomic mass is 32.1. The molecule has 0 radical (unpaired) electrons. The lowest BCUT2D eigenvalue weighted by Gasteiger charge is -2.27. The number of nitrogens with one attached hydrogen (secondary N) is 1. The van der Waals surface area contributed by atoms with Gasteiger partial charge in [0, 0.05) is 18.5 Å². The van der Waals surface area contributed by atoms with Crippen molar-refractivity contribution in [2.45, 2.75) is 53.2 Å². The molecule has 0 aliphatic carbocycles. The minimum absolute atomic E-state index is 0.0729. The average molecular weight is 270 g/mol. The summed E-state index contributed by atoms with van der Waals surface area (Å²) in [6, 6.07) is 0. The van der Waals surface area contributed by atoms with Gasteiger partial charge in [-0.15, -0.1) is 11.3 Å². The van der Waals surface area contributed by atoms with Crippen LogP contribution in [0.3, 0.4) is 0 Å². The van der Waals surface area contributed by atoms with Crippen LogP contribution in [0.15, 0.2) is 0 Å². The molecule has 0 aliphatic rings. The highest BCUT2D eigenvalue weighted by Gasteiger charge is 2.29. The molecule has 0 aromatic carbocycles. The van der Waals surface area contributed by atoms with Crippen molar-refractivity contribution in [3.63, 3.8) is 0 Å². The maximum Gasteiger partial charge on any atom is 0.123 e. The van der Waals surface area contributed by atoms with Gasteiger partial charge in [-0.25, -0.2) is 4.98 Å². The summed E-state index contributed by atoms with van der Waals surface area (Å²) in [5, 5.41) is 4.33. The predicted octanol–water partition coefficient (Wildman–Crippen LogP) is 3.55. The Balaban J connectivity index is 3.05. The van der Waals surface area contributed by atoms with Crippen molar-refractivity contribution in [3.8, 4) is 0 Å². The van der Waals surface area contributed by atoms with Crippen molar-refractivity contribution in [3.05, 3.63) is 15.6 Å². The van der Waals surface area contributed by atoms with Crippen LogP contribution in [-0.2, 0) is 17.7 Å². The molecule has 1 aromatic heterocycles. The van der Waals surface area contributed by atoms with Gasteiger partial charge in [0.2, 0.25) is 0 Å². The zero-order chi connectivity index (χ0) is 13.8. The average Bonchev–Trinajstić information content (AvgIpc) is 2.61. The van der Waals surface area contributed by atoms with Gasteiger partial charge in [0.25, 0.3) is 0 Å². The van der Waals surface area contributed by atoms with Crippen LogP contribution in [0, 0.1) is 5.41 Å². The Labute approximate surface area is 115 Å². The van der Waals surface area contributed by atoms with E-state index in [0.717, 1.165) is 24.4 Å². The number of hydrogen-bond acceptors (Lipinski definition) is 4. The van der Waals surface area contributed by atoms with E-state index in [4.69, 9.17) is 9.72 Å². The zero-order valence-corrected chi connectivity index (χ0v) is 13.3. The molecule has 3 nitrogen and oxygen atoms in total. The SMILES string of the molecule is CCCc1nc(C(OC)C(C)(C)C)sc1CNC. The van der Waals surface area contributed by atoms with E-state index in [9.17, 15) is 0 Å². The Morgan fingerprint density at radius 1 is 1.39 bits per heavy atom. The summed E-state index contributed by atoms with van der Waals surface area (Å²) < 4.78 is 5.65. The first-order valence-corrected chi connectivity index (χ1v) is 7.41. The fraction of sp³-hybridized carbons (Fsp3) is 0.786. The third kappa shape index (κ3) is 3.77.